The van der Waals surface area contributed by atoms with Crippen molar-refractivity contribution < 1.29 is 13.2 Å². The van der Waals surface area contributed by atoms with Crippen LogP contribution in [0.15, 0.2) is 18.2 Å². The second kappa shape index (κ2) is 3.14. The van der Waals surface area contributed by atoms with E-state index in [9.17, 15) is 13.2 Å². The first-order valence-corrected chi connectivity index (χ1v) is 4.85. The van der Waals surface area contributed by atoms with Crippen LogP contribution < -0.4 is 0 Å². The molecule has 0 unspecified atom stereocenters. The largest absolute Gasteiger partial charge is 0.417 e. The molecular formula is C9H3ClF3S. The average molecular weight is 236 g/mol. The first kappa shape index (κ1) is 9.80. The van der Waals surface area contributed by atoms with Crippen LogP contribution in [-0.2, 0) is 6.18 Å². The fraction of sp³-hybridized carbons (Fsp3) is 0.111. The van der Waals surface area contributed by atoms with Crippen LogP contribution >= 0.6 is 22.9 Å². The summed E-state index contributed by atoms with van der Waals surface area (Å²) in [5, 5.41) is 2.91. The number of fused-ring (bicyclic) bond motifs is 1. The van der Waals surface area contributed by atoms with Crippen molar-refractivity contribution in [2.45, 2.75) is 6.18 Å². The number of thiophene rings is 1. The molecule has 0 nitrogen and oxygen atoms in total. The summed E-state index contributed by atoms with van der Waals surface area (Å²) in [6, 6.07) is 3.87. The van der Waals surface area contributed by atoms with Crippen LogP contribution in [-0.4, -0.2) is 0 Å². The van der Waals surface area contributed by atoms with E-state index in [-0.39, 0.29) is 5.02 Å². The molecule has 0 amide bonds. The van der Waals surface area contributed by atoms with E-state index in [0.717, 1.165) is 6.07 Å². The summed E-state index contributed by atoms with van der Waals surface area (Å²) < 4.78 is 37.9. The molecule has 0 bridgehead atoms. The van der Waals surface area contributed by atoms with Crippen molar-refractivity contribution in [1.29, 1.82) is 0 Å². The minimum atomic E-state index is -4.40. The average Bonchev–Trinajstić information content (AvgIpc) is 2.50. The van der Waals surface area contributed by atoms with Crippen molar-refractivity contribution in [1.82, 2.24) is 0 Å². The third kappa shape index (κ3) is 1.48. The zero-order valence-electron chi connectivity index (χ0n) is 6.65. The molecule has 0 spiro atoms. The third-order valence-electron chi connectivity index (χ3n) is 1.82. The fourth-order valence-corrected chi connectivity index (χ4v) is 2.26. The number of hydrogen-bond acceptors (Lipinski definition) is 1. The summed E-state index contributed by atoms with van der Waals surface area (Å²) in [6.07, 6.45) is -4.40. The van der Waals surface area contributed by atoms with Gasteiger partial charge in [0.2, 0.25) is 0 Å². The van der Waals surface area contributed by atoms with Crippen LogP contribution in [0, 0.1) is 5.38 Å². The minimum absolute atomic E-state index is 0.243. The summed E-state index contributed by atoms with van der Waals surface area (Å²) in [7, 11) is 0. The monoisotopic (exact) mass is 235 g/mol. The second-order valence-electron chi connectivity index (χ2n) is 2.70. The van der Waals surface area contributed by atoms with Crippen LogP contribution in [0.2, 0.25) is 5.02 Å². The van der Waals surface area contributed by atoms with Gasteiger partial charge in [-0.2, -0.15) is 13.2 Å². The Morgan fingerprint density at radius 2 is 2.00 bits per heavy atom. The third-order valence-corrected chi connectivity index (χ3v) is 3.04. The molecule has 0 saturated heterocycles. The molecule has 2 aromatic rings. The summed E-state index contributed by atoms with van der Waals surface area (Å²) in [5.41, 5.74) is -0.793. The topological polar surface area (TPSA) is 0 Å². The van der Waals surface area contributed by atoms with E-state index in [1.807, 2.05) is 0 Å². The Hall–Kier alpha value is -0.740. The van der Waals surface area contributed by atoms with Gasteiger partial charge in [-0.15, -0.1) is 11.3 Å². The van der Waals surface area contributed by atoms with E-state index < -0.39 is 11.7 Å². The van der Waals surface area contributed by atoms with Crippen LogP contribution in [0.5, 0.6) is 0 Å². The van der Waals surface area contributed by atoms with Gasteiger partial charge < -0.3 is 0 Å². The van der Waals surface area contributed by atoms with Gasteiger partial charge in [0, 0.05) is 15.5 Å². The Morgan fingerprint density at radius 3 is 2.64 bits per heavy atom. The van der Waals surface area contributed by atoms with Crippen LogP contribution in [0.1, 0.15) is 5.56 Å². The van der Waals surface area contributed by atoms with Crippen molar-refractivity contribution in [2.24, 2.45) is 0 Å². The molecule has 2 rings (SSSR count). The van der Waals surface area contributed by atoms with Gasteiger partial charge in [-0.1, -0.05) is 11.6 Å². The lowest BCUT2D eigenvalue weighted by atomic mass is 10.1. The SMILES string of the molecule is FC(F)(F)c1ccc2s[c]cc2c1Cl. The van der Waals surface area contributed by atoms with E-state index in [2.05, 4.69) is 5.38 Å². The molecule has 0 N–H and O–H groups in total. The zero-order valence-corrected chi connectivity index (χ0v) is 8.22. The molecule has 1 aromatic heterocycles. The lowest BCUT2D eigenvalue weighted by Crippen LogP contribution is -2.05. The smallest absolute Gasteiger partial charge is 0.166 e. The molecule has 0 fully saturated rings. The Morgan fingerprint density at radius 1 is 1.29 bits per heavy atom. The van der Waals surface area contributed by atoms with Gasteiger partial charge >= 0.3 is 6.18 Å². The highest BCUT2D eigenvalue weighted by molar-refractivity contribution is 7.16. The Bertz CT molecular complexity index is 472. The quantitative estimate of drug-likeness (QED) is 0.636. The van der Waals surface area contributed by atoms with Crippen molar-refractivity contribution >= 4 is 33.0 Å². The standard InChI is InChI=1S/C9H3ClF3S/c10-8-5-3-4-14-7(5)2-1-6(8)9(11,12)13/h1-3H. The second-order valence-corrected chi connectivity index (χ2v) is 3.96. The molecule has 0 aliphatic heterocycles. The van der Waals surface area contributed by atoms with Gasteiger partial charge in [0.15, 0.2) is 0 Å². The number of benzene rings is 1. The molecule has 14 heavy (non-hydrogen) atoms. The van der Waals surface area contributed by atoms with Crippen LogP contribution in [0.4, 0.5) is 13.2 Å². The van der Waals surface area contributed by atoms with Crippen molar-refractivity contribution in [3.8, 4) is 0 Å². The summed E-state index contributed by atoms with van der Waals surface area (Å²) in [4.78, 5) is 0. The molecule has 0 saturated carbocycles. The molecule has 0 aliphatic rings. The summed E-state index contributed by atoms with van der Waals surface area (Å²) in [6.45, 7) is 0. The molecule has 73 valence electrons. The van der Waals surface area contributed by atoms with E-state index in [0.29, 0.717) is 10.1 Å². The molecule has 5 heteroatoms. The number of halogens is 4. The van der Waals surface area contributed by atoms with E-state index in [1.54, 1.807) is 0 Å². The first-order valence-electron chi connectivity index (χ1n) is 3.65. The van der Waals surface area contributed by atoms with Crippen LogP contribution in [0.3, 0.4) is 0 Å². The molecule has 1 heterocycles. The fourth-order valence-electron chi connectivity index (χ4n) is 1.17. The zero-order chi connectivity index (χ0) is 10.3. The Balaban J connectivity index is 2.74. The molecular weight excluding hydrogens is 233 g/mol. The van der Waals surface area contributed by atoms with Gasteiger partial charge in [-0.3, -0.25) is 0 Å². The highest BCUT2D eigenvalue weighted by Crippen LogP contribution is 2.39. The molecule has 0 aliphatic carbocycles. The molecule has 0 atom stereocenters. The van der Waals surface area contributed by atoms with Crippen molar-refractivity contribution in [3.63, 3.8) is 0 Å². The predicted octanol–water partition coefficient (Wildman–Crippen LogP) is 4.37. The van der Waals surface area contributed by atoms with Gasteiger partial charge in [0.1, 0.15) is 0 Å². The van der Waals surface area contributed by atoms with Gasteiger partial charge in [0.25, 0.3) is 0 Å². The van der Waals surface area contributed by atoms with E-state index in [1.165, 1.54) is 23.5 Å². The Kier molecular flexibility index (Phi) is 2.20. The Labute approximate surface area is 86.9 Å². The number of rotatable bonds is 0. The molecule has 1 aromatic carbocycles. The lowest BCUT2D eigenvalue weighted by molar-refractivity contribution is -0.137. The normalized spacial score (nSPS) is 12.3. The predicted molar refractivity (Wildman–Crippen MR) is 50.7 cm³/mol. The summed E-state index contributed by atoms with van der Waals surface area (Å²) >= 11 is 6.88. The summed E-state index contributed by atoms with van der Waals surface area (Å²) in [5.74, 6) is 0. The first-order chi connectivity index (χ1) is 6.50. The minimum Gasteiger partial charge on any atom is -0.166 e. The highest BCUT2D eigenvalue weighted by atomic mass is 35.5. The van der Waals surface area contributed by atoms with Gasteiger partial charge in [0.05, 0.1) is 10.6 Å². The van der Waals surface area contributed by atoms with E-state index in [4.69, 9.17) is 11.6 Å². The lowest BCUT2D eigenvalue weighted by Gasteiger charge is -2.08. The number of hydrogen-bond donors (Lipinski definition) is 0. The van der Waals surface area contributed by atoms with Gasteiger partial charge in [-0.05, 0) is 18.2 Å². The van der Waals surface area contributed by atoms with Gasteiger partial charge in [-0.25, -0.2) is 0 Å². The van der Waals surface area contributed by atoms with E-state index >= 15 is 0 Å². The van der Waals surface area contributed by atoms with Crippen molar-refractivity contribution in [3.05, 3.63) is 34.2 Å². The maximum Gasteiger partial charge on any atom is 0.417 e. The number of alkyl halides is 3. The van der Waals surface area contributed by atoms with Crippen molar-refractivity contribution in [2.75, 3.05) is 0 Å². The maximum absolute atomic E-state index is 12.4. The van der Waals surface area contributed by atoms with Crippen LogP contribution in [0.25, 0.3) is 10.1 Å². The highest BCUT2D eigenvalue weighted by Gasteiger charge is 2.33. The maximum atomic E-state index is 12.4. The molecule has 1 radical (unpaired) electrons.